The van der Waals surface area contributed by atoms with Gasteiger partial charge in [0.25, 0.3) is 0 Å². The number of hydrogen-bond acceptors (Lipinski definition) is 8. The average Bonchev–Trinajstić information content (AvgIpc) is 3.05. The number of anilines is 2. The standard InChI is InChI=1S/C12H13F3N6OS/c1-22-8-2-3-16-10(17-8)20-4-6-21(7-5-20)11-19-18-9(23-11)12(13,14)15/h2-3H,4-7H2,1H3. The van der Waals surface area contributed by atoms with E-state index in [2.05, 4.69) is 20.2 Å². The highest BCUT2D eigenvalue weighted by Crippen LogP contribution is 2.34. The second kappa shape index (κ2) is 6.14. The van der Waals surface area contributed by atoms with Gasteiger partial charge in [-0.25, -0.2) is 4.98 Å². The molecule has 7 nitrogen and oxygen atoms in total. The van der Waals surface area contributed by atoms with Gasteiger partial charge in [-0.3, -0.25) is 0 Å². The fraction of sp³-hybridized carbons (Fsp3) is 0.500. The van der Waals surface area contributed by atoms with E-state index in [1.54, 1.807) is 17.2 Å². The predicted octanol–water partition coefficient (Wildman–Crippen LogP) is 1.68. The van der Waals surface area contributed by atoms with Crippen LogP contribution in [0, 0.1) is 0 Å². The van der Waals surface area contributed by atoms with Gasteiger partial charge in [0, 0.05) is 38.4 Å². The maximum absolute atomic E-state index is 12.6. The summed E-state index contributed by atoms with van der Waals surface area (Å²) in [5.74, 6) is 1.01. The molecule has 0 unspecified atom stereocenters. The smallest absolute Gasteiger partial charge is 0.445 e. The quantitative estimate of drug-likeness (QED) is 0.838. The zero-order chi connectivity index (χ0) is 16.4. The van der Waals surface area contributed by atoms with Gasteiger partial charge in [-0.05, 0) is 0 Å². The van der Waals surface area contributed by atoms with Gasteiger partial charge in [0.15, 0.2) is 0 Å². The van der Waals surface area contributed by atoms with Crippen molar-refractivity contribution in [1.82, 2.24) is 20.2 Å². The monoisotopic (exact) mass is 346 g/mol. The maximum Gasteiger partial charge on any atom is 0.445 e. The summed E-state index contributed by atoms with van der Waals surface area (Å²) in [7, 11) is 1.53. The molecule has 0 bridgehead atoms. The summed E-state index contributed by atoms with van der Waals surface area (Å²) in [6.45, 7) is 2.20. The van der Waals surface area contributed by atoms with Crippen LogP contribution >= 0.6 is 11.3 Å². The Bertz CT molecular complexity index is 671. The molecule has 0 radical (unpaired) electrons. The lowest BCUT2D eigenvalue weighted by Crippen LogP contribution is -2.47. The highest BCUT2D eigenvalue weighted by molar-refractivity contribution is 7.15. The Balaban J connectivity index is 1.65. The molecule has 1 aliphatic heterocycles. The molecule has 0 N–H and O–H groups in total. The number of piperazine rings is 1. The van der Waals surface area contributed by atoms with Crippen LogP contribution in [-0.2, 0) is 6.18 Å². The van der Waals surface area contributed by atoms with Crippen molar-refractivity contribution in [3.8, 4) is 5.88 Å². The summed E-state index contributed by atoms with van der Waals surface area (Å²) in [6.07, 6.45) is -2.85. The molecule has 0 aliphatic carbocycles. The Hall–Kier alpha value is -2.17. The SMILES string of the molecule is COc1ccnc(N2CCN(c3nnc(C(F)(F)F)s3)CC2)n1. The number of halogens is 3. The van der Waals surface area contributed by atoms with Crippen LogP contribution in [0.25, 0.3) is 0 Å². The van der Waals surface area contributed by atoms with Gasteiger partial charge in [0.1, 0.15) is 0 Å². The maximum atomic E-state index is 12.6. The van der Waals surface area contributed by atoms with E-state index in [1.165, 1.54) is 7.11 Å². The third kappa shape index (κ3) is 3.44. The van der Waals surface area contributed by atoms with Gasteiger partial charge in [0.2, 0.25) is 22.0 Å². The highest BCUT2D eigenvalue weighted by atomic mass is 32.1. The minimum absolute atomic E-state index is 0.281. The lowest BCUT2D eigenvalue weighted by atomic mass is 10.3. The third-order valence-corrected chi connectivity index (χ3v) is 4.35. The minimum atomic E-state index is -4.45. The molecule has 3 rings (SSSR count). The number of rotatable bonds is 3. The Kier molecular flexibility index (Phi) is 4.20. The van der Waals surface area contributed by atoms with E-state index in [0.29, 0.717) is 49.3 Å². The number of nitrogens with zero attached hydrogens (tertiary/aromatic N) is 6. The van der Waals surface area contributed by atoms with E-state index in [0.717, 1.165) is 0 Å². The zero-order valence-corrected chi connectivity index (χ0v) is 12.9. The molecule has 0 spiro atoms. The van der Waals surface area contributed by atoms with Crippen molar-refractivity contribution in [2.45, 2.75) is 6.18 Å². The summed E-state index contributed by atoms with van der Waals surface area (Å²) < 4.78 is 42.8. The van der Waals surface area contributed by atoms with Crippen LogP contribution in [0.1, 0.15) is 5.01 Å². The van der Waals surface area contributed by atoms with Crippen molar-refractivity contribution in [3.05, 3.63) is 17.3 Å². The normalized spacial score (nSPS) is 15.8. The van der Waals surface area contributed by atoms with Crippen molar-refractivity contribution in [2.75, 3.05) is 43.1 Å². The molecular weight excluding hydrogens is 333 g/mol. The molecular formula is C12H13F3N6OS. The number of hydrogen-bond donors (Lipinski definition) is 0. The zero-order valence-electron chi connectivity index (χ0n) is 12.1. The van der Waals surface area contributed by atoms with Crippen molar-refractivity contribution in [1.29, 1.82) is 0 Å². The van der Waals surface area contributed by atoms with Crippen LogP contribution in [0.5, 0.6) is 5.88 Å². The Labute approximate surface area is 133 Å². The molecule has 1 aliphatic rings. The summed E-state index contributed by atoms with van der Waals surface area (Å²) in [4.78, 5) is 12.2. The first-order chi connectivity index (χ1) is 11.0. The Morgan fingerprint density at radius 1 is 1.13 bits per heavy atom. The first kappa shape index (κ1) is 15.7. The van der Waals surface area contributed by atoms with Gasteiger partial charge in [-0.2, -0.15) is 18.2 Å². The van der Waals surface area contributed by atoms with Crippen molar-refractivity contribution in [3.63, 3.8) is 0 Å². The van der Waals surface area contributed by atoms with Crippen molar-refractivity contribution >= 4 is 22.4 Å². The van der Waals surface area contributed by atoms with Gasteiger partial charge in [-0.15, -0.1) is 10.2 Å². The molecule has 0 amide bonds. The number of methoxy groups -OCH3 is 1. The van der Waals surface area contributed by atoms with E-state index < -0.39 is 11.2 Å². The fourth-order valence-corrected chi connectivity index (χ4v) is 2.92. The molecule has 23 heavy (non-hydrogen) atoms. The van der Waals surface area contributed by atoms with E-state index >= 15 is 0 Å². The van der Waals surface area contributed by atoms with Crippen LogP contribution in [0.3, 0.4) is 0 Å². The molecule has 0 atom stereocenters. The molecule has 11 heteroatoms. The van der Waals surface area contributed by atoms with Crippen LogP contribution < -0.4 is 14.5 Å². The number of ether oxygens (including phenoxy) is 1. The Morgan fingerprint density at radius 2 is 1.83 bits per heavy atom. The van der Waals surface area contributed by atoms with E-state index in [9.17, 15) is 13.2 Å². The van der Waals surface area contributed by atoms with E-state index in [1.807, 2.05) is 4.90 Å². The number of aromatic nitrogens is 4. The molecule has 0 saturated carbocycles. The molecule has 0 aromatic carbocycles. The van der Waals surface area contributed by atoms with Crippen LogP contribution in [0.15, 0.2) is 12.3 Å². The molecule has 2 aromatic heterocycles. The van der Waals surface area contributed by atoms with Crippen molar-refractivity contribution < 1.29 is 17.9 Å². The molecule has 3 heterocycles. The molecule has 1 fully saturated rings. The van der Waals surface area contributed by atoms with Gasteiger partial charge in [0.05, 0.1) is 7.11 Å². The largest absolute Gasteiger partial charge is 0.481 e. The minimum Gasteiger partial charge on any atom is -0.481 e. The number of alkyl halides is 3. The summed E-state index contributed by atoms with van der Waals surface area (Å²) >= 11 is 0.558. The summed E-state index contributed by atoms with van der Waals surface area (Å²) in [6, 6.07) is 1.65. The van der Waals surface area contributed by atoms with Crippen LogP contribution in [0.2, 0.25) is 0 Å². The van der Waals surface area contributed by atoms with E-state index in [-0.39, 0.29) is 5.13 Å². The second-order valence-electron chi connectivity index (χ2n) is 4.76. The molecule has 2 aromatic rings. The Morgan fingerprint density at radius 3 is 2.43 bits per heavy atom. The van der Waals surface area contributed by atoms with Gasteiger partial charge in [-0.1, -0.05) is 11.3 Å². The van der Waals surface area contributed by atoms with Crippen molar-refractivity contribution in [2.24, 2.45) is 0 Å². The van der Waals surface area contributed by atoms with Crippen LogP contribution in [0.4, 0.5) is 24.3 Å². The topological polar surface area (TPSA) is 67.3 Å². The van der Waals surface area contributed by atoms with E-state index in [4.69, 9.17) is 4.74 Å². The lowest BCUT2D eigenvalue weighted by Gasteiger charge is -2.34. The third-order valence-electron chi connectivity index (χ3n) is 3.32. The summed E-state index contributed by atoms with van der Waals surface area (Å²) in [5.41, 5.74) is 0. The first-order valence-corrected chi connectivity index (χ1v) is 7.56. The molecule has 1 saturated heterocycles. The lowest BCUT2D eigenvalue weighted by molar-refractivity contribution is -0.138. The first-order valence-electron chi connectivity index (χ1n) is 6.75. The average molecular weight is 346 g/mol. The fourth-order valence-electron chi connectivity index (χ4n) is 2.15. The summed E-state index contributed by atoms with van der Waals surface area (Å²) in [5, 5.41) is 6.20. The van der Waals surface area contributed by atoms with Gasteiger partial charge < -0.3 is 14.5 Å². The second-order valence-corrected chi connectivity index (χ2v) is 5.72. The molecule has 124 valence electrons. The predicted molar refractivity (Wildman–Crippen MR) is 77.9 cm³/mol. The van der Waals surface area contributed by atoms with Crippen LogP contribution in [-0.4, -0.2) is 53.5 Å². The highest BCUT2D eigenvalue weighted by Gasteiger charge is 2.36. The van der Waals surface area contributed by atoms with Gasteiger partial charge >= 0.3 is 6.18 Å².